The summed E-state index contributed by atoms with van der Waals surface area (Å²) in [5, 5.41) is 14.2. The second kappa shape index (κ2) is 6.35. The molecule has 1 aliphatic rings. The Balaban J connectivity index is 2.27. The van der Waals surface area contributed by atoms with Crippen LogP contribution in [0.3, 0.4) is 0 Å². The first-order valence-electron chi connectivity index (χ1n) is 6.59. The van der Waals surface area contributed by atoms with Crippen LogP contribution in [0.5, 0.6) is 5.75 Å². The number of hydrogen-bond acceptors (Lipinski definition) is 4. The number of amides is 2. The number of benzene rings is 1. The number of carbonyl (C=O) groups excluding carboxylic acids is 2. The third kappa shape index (κ3) is 3.38. The Bertz CT molecular complexity index is 644. The fraction of sp³-hybridized carbons (Fsp3) is 0.357. The van der Waals surface area contributed by atoms with Crippen LogP contribution in [0.15, 0.2) is 16.6 Å². The Morgan fingerprint density at radius 2 is 2.09 bits per heavy atom. The first-order valence-corrected chi connectivity index (χ1v) is 7.38. The second-order valence-electron chi connectivity index (χ2n) is 5.20. The second-order valence-corrected chi connectivity index (χ2v) is 6.05. The van der Waals surface area contributed by atoms with Crippen molar-refractivity contribution in [2.45, 2.75) is 19.9 Å². The van der Waals surface area contributed by atoms with Crippen LogP contribution in [0, 0.1) is 5.92 Å². The molecule has 0 radical (unpaired) electrons. The monoisotopic (exact) mass is 370 g/mol. The number of fused-ring (bicyclic) bond motifs is 1. The lowest BCUT2D eigenvalue weighted by molar-refractivity contribution is -0.140. The smallest absolute Gasteiger partial charge is 0.326 e. The van der Waals surface area contributed by atoms with Crippen LogP contribution in [0.4, 0.5) is 5.69 Å². The molecule has 22 heavy (non-hydrogen) atoms. The lowest BCUT2D eigenvalue weighted by atomic mass is 10.0. The van der Waals surface area contributed by atoms with Gasteiger partial charge in [-0.3, -0.25) is 9.59 Å². The van der Waals surface area contributed by atoms with E-state index in [2.05, 4.69) is 26.6 Å². The van der Waals surface area contributed by atoms with Crippen LogP contribution in [0.1, 0.15) is 24.2 Å². The molecule has 1 aromatic carbocycles. The van der Waals surface area contributed by atoms with Crippen LogP contribution in [0.2, 0.25) is 0 Å². The quantitative estimate of drug-likeness (QED) is 0.746. The number of nitrogens with one attached hydrogen (secondary N) is 2. The zero-order valence-electron chi connectivity index (χ0n) is 12.0. The molecule has 7 nitrogen and oxygen atoms in total. The van der Waals surface area contributed by atoms with Gasteiger partial charge in [0.2, 0.25) is 0 Å². The van der Waals surface area contributed by atoms with Gasteiger partial charge in [-0.15, -0.1) is 0 Å². The molecular weight excluding hydrogens is 356 g/mol. The van der Waals surface area contributed by atoms with Crippen molar-refractivity contribution in [3.05, 3.63) is 22.2 Å². The molecule has 0 unspecified atom stereocenters. The van der Waals surface area contributed by atoms with Crippen LogP contribution in [-0.2, 0) is 9.59 Å². The number of carboxylic acids is 1. The lowest BCUT2D eigenvalue weighted by Crippen LogP contribution is -2.44. The van der Waals surface area contributed by atoms with Gasteiger partial charge >= 0.3 is 5.97 Å². The maximum absolute atomic E-state index is 12.3. The van der Waals surface area contributed by atoms with Crippen molar-refractivity contribution >= 4 is 39.4 Å². The summed E-state index contributed by atoms with van der Waals surface area (Å²) in [4.78, 5) is 34.7. The zero-order chi connectivity index (χ0) is 16.4. The van der Waals surface area contributed by atoms with Crippen molar-refractivity contribution in [2.75, 3.05) is 11.9 Å². The molecule has 3 N–H and O–H groups in total. The molecule has 0 saturated heterocycles. The summed E-state index contributed by atoms with van der Waals surface area (Å²) in [6.45, 7) is 3.29. The van der Waals surface area contributed by atoms with Crippen molar-refractivity contribution in [1.82, 2.24) is 5.32 Å². The van der Waals surface area contributed by atoms with Gasteiger partial charge < -0.3 is 20.5 Å². The number of anilines is 1. The molecular formula is C14H15BrN2O5. The van der Waals surface area contributed by atoms with Crippen LogP contribution < -0.4 is 15.4 Å². The number of aliphatic carboxylic acids is 1. The first kappa shape index (κ1) is 16.3. The highest BCUT2D eigenvalue weighted by Crippen LogP contribution is 2.33. The highest BCUT2D eigenvalue weighted by Gasteiger charge is 2.26. The Kier molecular flexibility index (Phi) is 4.70. The largest absolute Gasteiger partial charge is 0.482 e. The fourth-order valence-corrected chi connectivity index (χ4v) is 2.53. The van der Waals surface area contributed by atoms with E-state index in [1.165, 1.54) is 6.07 Å². The van der Waals surface area contributed by atoms with E-state index in [1.807, 2.05) is 0 Å². The highest BCUT2D eigenvalue weighted by atomic mass is 79.9. The van der Waals surface area contributed by atoms with Gasteiger partial charge in [0.05, 0.1) is 11.3 Å². The maximum atomic E-state index is 12.3. The minimum atomic E-state index is -1.10. The number of carboxylic acid groups (broad SMARTS) is 1. The SMILES string of the molecule is CC(C)[C@H](NC(=O)c1cc2c(cc1Br)NC(=O)CO2)C(=O)O. The molecule has 118 valence electrons. The number of rotatable bonds is 4. The van der Waals surface area contributed by atoms with Gasteiger partial charge in [0.25, 0.3) is 11.8 Å². The van der Waals surface area contributed by atoms with Crippen LogP contribution in [-0.4, -0.2) is 35.5 Å². The third-order valence-electron chi connectivity index (χ3n) is 3.17. The van der Waals surface area contributed by atoms with E-state index < -0.39 is 17.9 Å². The van der Waals surface area contributed by atoms with Crippen LogP contribution in [0.25, 0.3) is 0 Å². The van der Waals surface area contributed by atoms with Crippen molar-refractivity contribution in [1.29, 1.82) is 0 Å². The van der Waals surface area contributed by atoms with Crippen molar-refractivity contribution in [3.8, 4) is 5.75 Å². The Morgan fingerprint density at radius 3 is 2.68 bits per heavy atom. The predicted octanol–water partition coefficient (Wildman–Crippen LogP) is 1.62. The zero-order valence-corrected chi connectivity index (χ0v) is 13.6. The van der Waals surface area contributed by atoms with E-state index >= 15 is 0 Å². The van der Waals surface area contributed by atoms with E-state index in [1.54, 1.807) is 19.9 Å². The van der Waals surface area contributed by atoms with Gasteiger partial charge in [-0.05, 0) is 34.0 Å². The average Bonchev–Trinajstić information content (AvgIpc) is 2.42. The number of ether oxygens (including phenoxy) is 1. The molecule has 0 aliphatic carbocycles. The number of halogens is 1. The molecule has 1 aliphatic heterocycles. The third-order valence-corrected chi connectivity index (χ3v) is 3.82. The summed E-state index contributed by atoms with van der Waals surface area (Å²) in [5.41, 5.74) is 0.695. The first-order chi connectivity index (χ1) is 10.3. The lowest BCUT2D eigenvalue weighted by Gasteiger charge is -2.21. The maximum Gasteiger partial charge on any atom is 0.326 e. The van der Waals surface area contributed by atoms with Gasteiger partial charge in [-0.2, -0.15) is 0 Å². The molecule has 2 amide bonds. The summed E-state index contributed by atoms with van der Waals surface area (Å²) in [6, 6.07) is 2.02. The van der Waals surface area contributed by atoms with Crippen molar-refractivity contribution in [2.24, 2.45) is 5.92 Å². The molecule has 0 fully saturated rings. The van der Waals surface area contributed by atoms with Crippen molar-refractivity contribution in [3.63, 3.8) is 0 Å². The molecule has 0 aromatic heterocycles. The average molecular weight is 371 g/mol. The van der Waals surface area contributed by atoms with Crippen molar-refractivity contribution < 1.29 is 24.2 Å². The Morgan fingerprint density at radius 1 is 1.41 bits per heavy atom. The van der Waals surface area contributed by atoms with E-state index in [0.717, 1.165) is 0 Å². The Labute approximate surface area is 135 Å². The van der Waals surface area contributed by atoms with E-state index in [4.69, 9.17) is 9.84 Å². The summed E-state index contributed by atoms with van der Waals surface area (Å²) in [6.07, 6.45) is 0. The van der Waals surface area contributed by atoms with Gasteiger partial charge in [0.1, 0.15) is 11.8 Å². The summed E-state index contributed by atoms with van der Waals surface area (Å²) >= 11 is 3.24. The number of carbonyl (C=O) groups is 3. The van der Waals surface area contributed by atoms with Crippen LogP contribution >= 0.6 is 15.9 Å². The predicted molar refractivity (Wildman–Crippen MR) is 82.0 cm³/mol. The summed E-state index contributed by atoms with van der Waals surface area (Å²) in [7, 11) is 0. The Hall–Kier alpha value is -2.09. The molecule has 0 spiro atoms. The normalized spacial score (nSPS) is 14.6. The van der Waals surface area contributed by atoms with E-state index in [9.17, 15) is 14.4 Å². The summed E-state index contributed by atoms with van der Waals surface area (Å²) < 4.78 is 5.69. The fourth-order valence-electron chi connectivity index (χ4n) is 2.01. The molecule has 1 aromatic rings. The topological polar surface area (TPSA) is 105 Å². The van der Waals surface area contributed by atoms with Gasteiger partial charge in [-0.25, -0.2) is 4.79 Å². The van der Waals surface area contributed by atoms with Gasteiger partial charge in [0, 0.05) is 4.47 Å². The molecule has 8 heteroatoms. The molecule has 2 rings (SSSR count). The highest BCUT2D eigenvalue weighted by molar-refractivity contribution is 9.10. The molecule has 1 heterocycles. The molecule has 0 bridgehead atoms. The van der Waals surface area contributed by atoms with E-state index in [-0.39, 0.29) is 24.0 Å². The minimum absolute atomic E-state index is 0.126. The van der Waals surface area contributed by atoms with Gasteiger partial charge in [-0.1, -0.05) is 13.8 Å². The standard InChI is InChI=1S/C14H15BrN2O5/c1-6(2)12(14(20)21)17-13(19)7-3-10-9(4-8(7)15)16-11(18)5-22-10/h3-4,6,12H,5H2,1-2H3,(H,16,18)(H,17,19)(H,20,21)/t12-/m0/s1. The number of hydrogen-bond donors (Lipinski definition) is 3. The molecule has 0 saturated carbocycles. The minimum Gasteiger partial charge on any atom is -0.482 e. The van der Waals surface area contributed by atoms with Gasteiger partial charge in [0.15, 0.2) is 6.61 Å². The summed E-state index contributed by atoms with van der Waals surface area (Å²) in [5.74, 6) is -1.79. The molecule has 1 atom stereocenters. The van der Waals surface area contributed by atoms with E-state index in [0.29, 0.717) is 15.9 Å².